The van der Waals surface area contributed by atoms with Gasteiger partial charge in [-0.1, -0.05) is 24.6 Å². The van der Waals surface area contributed by atoms with E-state index >= 15 is 0 Å². The van der Waals surface area contributed by atoms with Crippen LogP contribution >= 0.6 is 11.6 Å². The highest BCUT2D eigenvalue weighted by Gasteiger charge is 2.28. The highest BCUT2D eigenvalue weighted by Crippen LogP contribution is 2.34. The Kier molecular flexibility index (Phi) is 7.41. The van der Waals surface area contributed by atoms with E-state index in [1.165, 1.54) is 4.90 Å². The molecule has 2 amide bonds. The van der Waals surface area contributed by atoms with Gasteiger partial charge in [-0.2, -0.15) is 0 Å². The minimum atomic E-state index is -0.313. The normalized spacial score (nSPS) is 13.6. The number of nitrogens with one attached hydrogen (secondary N) is 1. The molecule has 1 atom stereocenters. The number of hydrogen-bond donors (Lipinski definition) is 1. The van der Waals surface area contributed by atoms with Crippen LogP contribution < -0.4 is 19.7 Å². The molecule has 182 valence electrons. The fourth-order valence-electron chi connectivity index (χ4n) is 3.48. The molecule has 0 spiro atoms. The average molecular weight is 497 g/mol. The van der Waals surface area contributed by atoms with E-state index in [2.05, 4.69) is 5.32 Å². The van der Waals surface area contributed by atoms with Gasteiger partial charge in [0.05, 0.1) is 12.2 Å². The molecule has 35 heavy (non-hydrogen) atoms. The van der Waals surface area contributed by atoms with Crippen LogP contribution in [0, 0.1) is 0 Å². The topological polar surface area (TPSA) is 98.1 Å². The number of fused-ring (bicyclic) bond motifs is 1. The summed E-state index contributed by atoms with van der Waals surface area (Å²) >= 11 is 5.95. The van der Waals surface area contributed by atoms with Gasteiger partial charge in [0, 0.05) is 16.6 Å². The third-order valence-electron chi connectivity index (χ3n) is 5.58. The molecule has 1 aliphatic heterocycles. The zero-order valence-electron chi connectivity index (χ0n) is 19.4. The van der Waals surface area contributed by atoms with Crippen molar-refractivity contribution >= 4 is 34.9 Å². The molecule has 2 aromatic carbocycles. The first-order chi connectivity index (χ1) is 16.8. The largest absolute Gasteiger partial charge is 0.485 e. The number of furan rings is 1. The van der Waals surface area contributed by atoms with E-state index < -0.39 is 0 Å². The van der Waals surface area contributed by atoms with Crippen molar-refractivity contribution in [1.82, 2.24) is 5.32 Å². The van der Waals surface area contributed by atoms with Gasteiger partial charge in [-0.3, -0.25) is 19.3 Å². The third-order valence-corrected chi connectivity index (χ3v) is 5.81. The lowest BCUT2D eigenvalue weighted by Gasteiger charge is -2.29. The molecule has 0 fully saturated rings. The van der Waals surface area contributed by atoms with Crippen molar-refractivity contribution in [2.45, 2.75) is 32.9 Å². The molecule has 9 heteroatoms. The minimum Gasteiger partial charge on any atom is -0.485 e. The zero-order valence-corrected chi connectivity index (χ0v) is 20.1. The number of ether oxygens (including phenoxy) is 2. The predicted octanol–water partition coefficient (Wildman–Crippen LogP) is 4.65. The van der Waals surface area contributed by atoms with Crippen LogP contribution in [0.2, 0.25) is 5.02 Å². The maximum absolute atomic E-state index is 12.8. The fraction of sp³-hybridized carbons (Fsp3) is 0.269. The van der Waals surface area contributed by atoms with Gasteiger partial charge in [0.25, 0.3) is 11.8 Å². The van der Waals surface area contributed by atoms with Crippen LogP contribution in [0.4, 0.5) is 5.69 Å². The molecule has 2 heterocycles. The summed E-state index contributed by atoms with van der Waals surface area (Å²) in [5.74, 6) is 0.678. The van der Waals surface area contributed by atoms with E-state index in [0.717, 1.165) is 6.42 Å². The molecule has 1 aromatic heterocycles. The van der Waals surface area contributed by atoms with E-state index in [-0.39, 0.29) is 49.2 Å². The molecule has 1 aliphatic rings. The number of carbonyl (C=O) groups excluding carboxylic acids is 3. The fourth-order valence-corrected chi connectivity index (χ4v) is 3.66. The molecule has 3 aromatic rings. The van der Waals surface area contributed by atoms with Crippen molar-refractivity contribution in [3.63, 3.8) is 0 Å². The van der Waals surface area contributed by atoms with Crippen LogP contribution in [0.15, 0.2) is 59.0 Å². The standard InChI is InChI=1S/C26H25ClN2O6/c1-3-16(2)28-26(32)24-10-8-20(35-24)13-29-21-11-17(7-9-23(21)34-15-25(29)31)22(30)14-33-19-6-4-5-18(27)12-19/h4-12,16H,3,13-15H2,1-2H3,(H,28,32)/t16-/m1/s1. The predicted molar refractivity (Wildman–Crippen MR) is 130 cm³/mol. The number of hydrogen-bond acceptors (Lipinski definition) is 6. The van der Waals surface area contributed by atoms with Gasteiger partial charge >= 0.3 is 0 Å². The maximum atomic E-state index is 12.8. The summed E-state index contributed by atoms with van der Waals surface area (Å²) in [6.45, 7) is 3.63. The van der Waals surface area contributed by atoms with Crippen molar-refractivity contribution < 1.29 is 28.3 Å². The molecular formula is C26H25ClN2O6. The second-order valence-electron chi connectivity index (χ2n) is 8.17. The number of halogens is 1. The number of Topliss-reactive ketones (excluding diaryl/α,β-unsaturated/α-hetero) is 1. The summed E-state index contributed by atoms with van der Waals surface area (Å²) in [6, 6.07) is 14.9. The molecule has 0 aliphatic carbocycles. The first-order valence-corrected chi connectivity index (χ1v) is 11.6. The molecule has 1 N–H and O–H groups in total. The molecule has 4 rings (SSSR count). The Morgan fingerprint density at radius 3 is 2.77 bits per heavy atom. The Bertz CT molecular complexity index is 1250. The van der Waals surface area contributed by atoms with Gasteiger partial charge in [-0.25, -0.2) is 0 Å². The quantitative estimate of drug-likeness (QED) is 0.433. The summed E-state index contributed by atoms with van der Waals surface area (Å²) in [4.78, 5) is 39.2. The van der Waals surface area contributed by atoms with Crippen molar-refractivity contribution in [2.75, 3.05) is 18.1 Å². The molecule has 8 nitrogen and oxygen atoms in total. The molecule has 0 bridgehead atoms. The molecule has 0 unspecified atom stereocenters. The van der Waals surface area contributed by atoms with Gasteiger partial charge in [0.1, 0.15) is 17.3 Å². The number of amides is 2. The number of carbonyl (C=O) groups is 3. The van der Waals surface area contributed by atoms with Crippen LogP contribution in [0.5, 0.6) is 11.5 Å². The highest BCUT2D eigenvalue weighted by molar-refractivity contribution is 6.30. The van der Waals surface area contributed by atoms with Crippen molar-refractivity contribution in [3.8, 4) is 11.5 Å². The Labute approximate surface area is 207 Å². The number of ketones is 1. The van der Waals surface area contributed by atoms with Crippen LogP contribution in [-0.4, -0.2) is 36.9 Å². The van der Waals surface area contributed by atoms with E-state index in [0.29, 0.717) is 33.5 Å². The zero-order chi connectivity index (χ0) is 24.9. The van der Waals surface area contributed by atoms with E-state index in [1.54, 1.807) is 54.6 Å². The van der Waals surface area contributed by atoms with Gasteiger partial charge in [0.15, 0.2) is 24.8 Å². The summed E-state index contributed by atoms with van der Waals surface area (Å²) in [6.07, 6.45) is 0.795. The molecule has 0 saturated carbocycles. The van der Waals surface area contributed by atoms with Gasteiger partial charge in [-0.15, -0.1) is 0 Å². The number of benzene rings is 2. The number of anilines is 1. The van der Waals surface area contributed by atoms with Crippen LogP contribution in [-0.2, 0) is 11.3 Å². The molecule has 0 saturated heterocycles. The summed E-state index contributed by atoms with van der Waals surface area (Å²) in [5.41, 5.74) is 0.805. The first-order valence-electron chi connectivity index (χ1n) is 11.2. The first kappa shape index (κ1) is 24.3. The van der Waals surface area contributed by atoms with Crippen molar-refractivity contribution in [1.29, 1.82) is 0 Å². The second kappa shape index (κ2) is 10.7. The maximum Gasteiger partial charge on any atom is 0.287 e. The smallest absolute Gasteiger partial charge is 0.287 e. The van der Waals surface area contributed by atoms with Crippen molar-refractivity contribution in [2.24, 2.45) is 0 Å². The van der Waals surface area contributed by atoms with Crippen LogP contribution in [0.25, 0.3) is 0 Å². The lowest BCUT2D eigenvalue weighted by molar-refractivity contribution is -0.121. The monoisotopic (exact) mass is 496 g/mol. The Morgan fingerprint density at radius 2 is 2.00 bits per heavy atom. The van der Waals surface area contributed by atoms with E-state index in [1.807, 2.05) is 13.8 Å². The van der Waals surface area contributed by atoms with Crippen LogP contribution in [0.3, 0.4) is 0 Å². The molecule has 0 radical (unpaired) electrons. The van der Waals surface area contributed by atoms with E-state index in [9.17, 15) is 14.4 Å². The van der Waals surface area contributed by atoms with E-state index in [4.69, 9.17) is 25.5 Å². The van der Waals surface area contributed by atoms with Gasteiger partial charge in [-0.05, 0) is 61.9 Å². The summed E-state index contributed by atoms with van der Waals surface area (Å²) in [5, 5.41) is 3.35. The third kappa shape index (κ3) is 5.84. The van der Waals surface area contributed by atoms with Crippen LogP contribution in [0.1, 0.15) is 46.9 Å². The SMILES string of the molecule is CC[C@@H](C)NC(=O)c1ccc(CN2C(=O)COc3ccc(C(=O)COc4cccc(Cl)c4)cc32)o1. The van der Waals surface area contributed by atoms with Crippen molar-refractivity contribution in [3.05, 3.63) is 76.7 Å². The molecular weight excluding hydrogens is 472 g/mol. The highest BCUT2D eigenvalue weighted by atomic mass is 35.5. The van der Waals surface area contributed by atoms with Gasteiger partial charge in [0.2, 0.25) is 0 Å². The van der Waals surface area contributed by atoms with Gasteiger partial charge < -0.3 is 19.2 Å². The minimum absolute atomic E-state index is 0.0163. The summed E-state index contributed by atoms with van der Waals surface area (Å²) in [7, 11) is 0. The second-order valence-corrected chi connectivity index (χ2v) is 8.61. The number of nitrogens with zero attached hydrogens (tertiary/aromatic N) is 1. The average Bonchev–Trinajstić information content (AvgIpc) is 3.33. The number of rotatable bonds is 9. The summed E-state index contributed by atoms with van der Waals surface area (Å²) < 4.78 is 16.8. The Hall–Kier alpha value is -3.78. The lowest BCUT2D eigenvalue weighted by atomic mass is 10.1. The lowest BCUT2D eigenvalue weighted by Crippen LogP contribution is -2.38. The Balaban J connectivity index is 1.49. The Morgan fingerprint density at radius 1 is 1.17 bits per heavy atom.